The molecule has 30 atom stereocenters. The lowest BCUT2D eigenvalue weighted by molar-refractivity contribution is -0.387. The van der Waals surface area contributed by atoms with E-state index in [1.54, 1.807) is 0 Å². The van der Waals surface area contributed by atoms with Crippen molar-refractivity contribution in [3.05, 3.63) is 11.6 Å². The van der Waals surface area contributed by atoms with E-state index in [0.29, 0.717) is 51.4 Å². The van der Waals surface area contributed by atoms with Crippen LogP contribution >= 0.6 is 0 Å². The maximum absolute atomic E-state index is 15.8. The standard InChI is InChI=1S/C56H90O25/c1-23-33(62)37(66)40(69)46(74-23)79-44-43(78-47-41(70)38(67)34(63)28(19-57)75-47)36(65)30(21-73-24(2)60)77-49(44)81-50(72)56-15-13-51(3,4)17-26(56)25-9-10-32-52(5)18-27(61)45(80-48-42(71)39(68)35(64)29(20-58)76-48)53(6,22-59)31(52)11-12-55(32,8)54(25,7)14-16-56/h9,23,26-49,57-59,61-71H,10-22H2,1-8H3/t23-,26-,27-,28+,29+,30+,31+,32+,33-,34+,35+,36+,37+,38-,39-,40+,41+,42+,43-,44+,45-,46-,47-,48-,49-,52-,53-,54+,55+,56-/m0/s1. The summed E-state index contributed by atoms with van der Waals surface area (Å²) in [7, 11) is 0. The Balaban J connectivity index is 1.05. The third kappa shape index (κ3) is 10.6. The van der Waals surface area contributed by atoms with Crippen LogP contribution in [-0.2, 0) is 52.2 Å². The second kappa shape index (κ2) is 23.2. The van der Waals surface area contributed by atoms with Gasteiger partial charge in [0, 0.05) is 12.3 Å². The Morgan fingerprint density at radius 1 is 0.593 bits per heavy atom. The van der Waals surface area contributed by atoms with E-state index in [1.165, 1.54) is 6.92 Å². The third-order valence-corrected chi connectivity index (χ3v) is 21.8. The number of hydrogen-bond acceptors (Lipinski definition) is 25. The number of aliphatic hydroxyl groups is 14. The molecule has 0 bridgehead atoms. The molecule has 0 aromatic carbocycles. The van der Waals surface area contributed by atoms with Gasteiger partial charge in [0.25, 0.3) is 0 Å². The molecule has 0 aromatic rings. The van der Waals surface area contributed by atoms with Crippen LogP contribution in [0.25, 0.3) is 0 Å². The highest BCUT2D eigenvalue weighted by atomic mass is 16.8. The molecule has 0 spiro atoms. The number of esters is 2. The lowest BCUT2D eigenvalue weighted by atomic mass is 9.33. The van der Waals surface area contributed by atoms with Crippen LogP contribution in [0, 0.1) is 50.2 Å². The first-order valence-electron chi connectivity index (χ1n) is 28.8. The quantitative estimate of drug-likeness (QED) is 0.0515. The molecule has 4 heterocycles. The summed E-state index contributed by atoms with van der Waals surface area (Å²) in [6.45, 7) is 12.8. The molecule has 14 N–H and O–H groups in total. The van der Waals surface area contributed by atoms with Crippen LogP contribution in [0.5, 0.6) is 0 Å². The largest absolute Gasteiger partial charge is 0.463 e. The van der Waals surface area contributed by atoms with Crippen LogP contribution in [-0.4, -0.2) is 245 Å². The van der Waals surface area contributed by atoms with Crippen LogP contribution in [0.1, 0.15) is 113 Å². The summed E-state index contributed by atoms with van der Waals surface area (Å²) in [5.41, 5.74) is -3.11. The molecule has 0 unspecified atom stereocenters. The molecule has 4 aliphatic heterocycles. The minimum absolute atomic E-state index is 0.0725. The minimum atomic E-state index is -2.01. The van der Waals surface area contributed by atoms with E-state index in [4.69, 9.17) is 42.6 Å². The Labute approximate surface area is 471 Å². The molecule has 464 valence electrons. The summed E-state index contributed by atoms with van der Waals surface area (Å²) < 4.78 is 54.3. The van der Waals surface area contributed by atoms with Crippen molar-refractivity contribution in [3.8, 4) is 0 Å². The monoisotopic (exact) mass is 1160 g/mol. The van der Waals surface area contributed by atoms with Crippen molar-refractivity contribution < 1.29 is 124 Å². The van der Waals surface area contributed by atoms with E-state index in [2.05, 4.69) is 40.7 Å². The summed E-state index contributed by atoms with van der Waals surface area (Å²) in [5.74, 6) is -2.21. The highest BCUT2D eigenvalue weighted by molar-refractivity contribution is 5.79. The van der Waals surface area contributed by atoms with Gasteiger partial charge in [0.2, 0.25) is 6.29 Å². The van der Waals surface area contributed by atoms with Gasteiger partial charge in [0.05, 0.1) is 43.5 Å². The van der Waals surface area contributed by atoms with E-state index in [9.17, 15) is 76.3 Å². The third-order valence-electron chi connectivity index (χ3n) is 21.8. The molecule has 0 aromatic heterocycles. The van der Waals surface area contributed by atoms with E-state index < -0.39 is 206 Å². The molecule has 81 heavy (non-hydrogen) atoms. The van der Waals surface area contributed by atoms with Crippen molar-refractivity contribution in [1.82, 2.24) is 0 Å². The maximum Gasteiger partial charge on any atom is 0.315 e. The van der Waals surface area contributed by atoms with Crippen molar-refractivity contribution in [2.24, 2.45) is 50.2 Å². The number of allylic oxidation sites excluding steroid dienone is 2. The van der Waals surface area contributed by atoms with Gasteiger partial charge in [-0.25, -0.2) is 0 Å². The average Bonchev–Trinajstić information content (AvgIpc) is 3.46. The molecule has 5 aliphatic carbocycles. The molecule has 25 heteroatoms. The van der Waals surface area contributed by atoms with E-state index in [-0.39, 0.29) is 23.7 Å². The zero-order valence-electron chi connectivity index (χ0n) is 47.5. The fraction of sp³-hybridized carbons (Fsp3) is 0.929. The maximum atomic E-state index is 15.8. The topological polar surface area (TPSA) is 400 Å². The molecule has 25 nitrogen and oxygen atoms in total. The van der Waals surface area contributed by atoms with Gasteiger partial charge in [-0.1, -0.05) is 53.2 Å². The van der Waals surface area contributed by atoms with Gasteiger partial charge in [-0.3, -0.25) is 9.59 Å². The van der Waals surface area contributed by atoms with E-state index in [0.717, 1.165) is 12.5 Å². The number of rotatable bonds is 13. The zero-order chi connectivity index (χ0) is 59.4. The number of hydrogen-bond donors (Lipinski definition) is 14. The average molecular weight is 1160 g/mol. The molecule has 4 saturated heterocycles. The van der Waals surface area contributed by atoms with Crippen LogP contribution in [0.4, 0.5) is 0 Å². The molecular weight excluding hydrogens is 1070 g/mol. The molecule has 9 rings (SSSR count). The Kier molecular flexibility index (Phi) is 18.1. The first-order chi connectivity index (χ1) is 37.9. The predicted molar refractivity (Wildman–Crippen MR) is 274 cm³/mol. The van der Waals surface area contributed by atoms with E-state index >= 15 is 4.79 Å². The second-order valence-electron chi connectivity index (χ2n) is 26.9. The Hall–Kier alpha value is -2.16. The van der Waals surface area contributed by atoms with Gasteiger partial charge < -0.3 is 114 Å². The molecule has 9 aliphatic rings. The first kappa shape index (κ1) is 63.3. The van der Waals surface area contributed by atoms with Crippen molar-refractivity contribution in [2.45, 2.75) is 248 Å². The number of fused-ring (bicyclic) bond motifs is 7. The summed E-state index contributed by atoms with van der Waals surface area (Å²) in [4.78, 5) is 28.1. The van der Waals surface area contributed by atoms with Gasteiger partial charge >= 0.3 is 11.9 Å². The molecule has 4 saturated carbocycles. The van der Waals surface area contributed by atoms with Crippen LogP contribution < -0.4 is 0 Å². The summed E-state index contributed by atoms with van der Waals surface area (Å²) in [5, 5.41) is 153. The number of carbonyl (C=O) groups is 2. The molecule has 0 amide bonds. The van der Waals surface area contributed by atoms with Crippen molar-refractivity contribution in [3.63, 3.8) is 0 Å². The highest BCUT2D eigenvalue weighted by Gasteiger charge is 2.72. The summed E-state index contributed by atoms with van der Waals surface area (Å²) in [6, 6.07) is 0. The molecule has 0 radical (unpaired) electrons. The lowest BCUT2D eigenvalue weighted by Crippen LogP contribution is -2.69. The zero-order valence-corrected chi connectivity index (χ0v) is 47.5. The van der Waals surface area contributed by atoms with E-state index in [1.807, 2.05) is 6.92 Å². The van der Waals surface area contributed by atoms with Gasteiger partial charge in [-0.05, 0) is 104 Å². The van der Waals surface area contributed by atoms with Crippen LogP contribution in [0.3, 0.4) is 0 Å². The Morgan fingerprint density at radius 2 is 1.14 bits per heavy atom. The van der Waals surface area contributed by atoms with Crippen LogP contribution in [0.15, 0.2) is 11.6 Å². The smallest absolute Gasteiger partial charge is 0.315 e. The first-order valence-corrected chi connectivity index (χ1v) is 28.8. The normalized spacial score (nSPS) is 53.4. The Bertz CT molecular complexity index is 2270. The number of carbonyl (C=O) groups excluding carboxylic acids is 2. The van der Waals surface area contributed by atoms with Gasteiger partial charge in [-0.2, -0.15) is 0 Å². The fourth-order valence-corrected chi connectivity index (χ4v) is 16.8. The van der Waals surface area contributed by atoms with Crippen molar-refractivity contribution in [2.75, 3.05) is 26.4 Å². The molecular formula is C56H90O25. The van der Waals surface area contributed by atoms with Crippen LogP contribution in [0.2, 0.25) is 0 Å². The Morgan fingerprint density at radius 3 is 1.72 bits per heavy atom. The highest BCUT2D eigenvalue weighted by Crippen LogP contribution is 2.76. The predicted octanol–water partition coefficient (Wildman–Crippen LogP) is -2.49. The lowest BCUT2D eigenvalue weighted by Gasteiger charge is -2.72. The number of aliphatic hydroxyl groups excluding tert-OH is 14. The van der Waals surface area contributed by atoms with Crippen molar-refractivity contribution in [1.29, 1.82) is 0 Å². The van der Waals surface area contributed by atoms with Crippen molar-refractivity contribution >= 4 is 11.9 Å². The van der Waals surface area contributed by atoms with Gasteiger partial charge in [0.1, 0.15) is 92.1 Å². The number of ether oxygens (including phenoxy) is 9. The fourth-order valence-electron chi connectivity index (χ4n) is 16.8. The summed E-state index contributed by atoms with van der Waals surface area (Å²) in [6.07, 6.45) is -30.0. The second-order valence-corrected chi connectivity index (χ2v) is 26.9. The molecule has 8 fully saturated rings. The SMILES string of the molecule is CC(=O)OC[C@H]1O[C@@H](OC(=O)[C@]23CCC(C)(C)C[C@H]2C2=CC[C@@H]4[C@@]5(C)C[C@H](O)[C@H](O[C@@H]6O[C@H](CO)[C@@H](O)[C@H](O)[C@H]6O)[C@@](C)(CO)[C@@H]5CC[C@@]4(C)[C@]2(C)CC3)[C@H](O[C@@H]2O[C@@H](C)[C@H](O)[C@@H](O)[C@H]2O)[C@@H](O[C@@H]2O[C@H](CO)[C@@H](O)[C@H](O)[C@H]2O)[C@@H]1O. The summed E-state index contributed by atoms with van der Waals surface area (Å²) >= 11 is 0. The van der Waals surface area contributed by atoms with Gasteiger partial charge in [-0.15, -0.1) is 0 Å². The minimum Gasteiger partial charge on any atom is -0.463 e. The van der Waals surface area contributed by atoms with Gasteiger partial charge in [0.15, 0.2) is 25.0 Å².